The standard InChI is InChI=1S/C20H18FN5O4/c1-25-18(27)5-4-17(24-25)26-11-13-8-16(10-23-19(13)20(26)28)30-12-14-2-3-15(9-22-14)29-7-6-21/h2-5,8-10H,6-7,11-12H2,1H3/i6D2,7D2. The van der Waals surface area contributed by atoms with Crippen LogP contribution in [0.25, 0.3) is 0 Å². The van der Waals surface area contributed by atoms with E-state index < -0.39 is 13.2 Å². The van der Waals surface area contributed by atoms with E-state index in [1.807, 2.05) is 0 Å². The Morgan fingerprint density at radius 1 is 1.13 bits per heavy atom. The van der Waals surface area contributed by atoms with Gasteiger partial charge in [0.2, 0.25) is 0 Å². The maximum Gasteiger partial charge on any atom is 0.278 e. The highest BCUT2D eigenvalue weighted by Gasteiger charge is 2.31. The molecule has 9 nitrogen and oxygen atoms in total. The number of anilines is 1. The highest BCUT2D eigenvalue weighted by atomic mass is 19.1. The van der Waals surface area contributed by atoms with Gasteiger partial charge in [-0.05, 0) is 24.3 Å². The molecule has 1 aliphatic rings. The summed E-state index contributed by atoms with van der Waals surface area (Å²) in [5, 5.41) is 4.10. The number of aryl methyl sites for hydroxylation is 1. The number of alkyl halides is 1. The van der Waals surface area contributed by atoms with Gasteiger partial charge in [0.1, 0.15) is 37.0 Å². The van der Waals surface area contributed by atoms with Gasteiger partial charge in [-0.15, -0.1) is 0 Å². The molecule has 0 aromatic carbocycles. The minimum atomic E-state index is -3.69. The number of rotatable bonds is 7. The van der Waals surface area contributed by atoms with Crippen LogP contribution in [0.1, 0.15) is 27.2 Å². The first-order chi connectivity index (χ1) is 15.9. The van der Waals surface area contributed by atoms with Gasteiger partial charge in [0.05, 0.1) is 30.1 Å². The van der Waals surface area contributed by atoms with Crippen LogP contribution in [-0.4, -0.2) is 38.8 Å². The highest BCUT2D eigenvalue weighted by Crippen LogP contribution is 2.28. The minimum absolute atomic E-state index is 0.0115. The molecule has 0 saturated carbocycles. The van der Waals surface area contributed by atoms with Crippen molar-refractivity contribution in [3.05, 3.63) is 70.0 Å². The van der Waals surface area contributed by atoms with Crippen molar-refractivity contribution in [2.45, 2.75) is 13.2 Å². The van der Waals surface area contributed by atoms with Crippen LogP contribution in [0, 0.1) is 0 Å². The van der Waals surface area contributed by atoms with E-state index in [0.29, 0.717) is 22.8 Å². The fraction of sp³-hybridized carbons (Fsp3) is 0.250. The molecule has 154 valence electrons. The van der Waals surface area contributed by atoms with E-state index in [1.54, 1.807) is 6.07 Å². The Morgan fingerprint density at radius 2 is 1.97 bits per heavy atom. The summed E-state index contributed by atoms with van der Waals surface area (Å²) >= 11 is 0. The third-order valence-corrected chi connectivity index (χ3v) is 4.33. The third kappa shape index (κ3) is 3.97. The number of hydrogen-bond donors (Lipinski definition) is 0. The van der Waals surface area contributed by atoms with Crippen molar-refractivity contribution < 1.29 is 24.1 Å². The van der Waals surface area contributed by atoms with Gasteiger partial charge in [0.25, 0.3) is 11.5 Å². The van der Waals surface area contributed by atoms with Crippen LogP contribution in [0.15, 0.2) is 47.5 Å². The van der Waals surface area contributed by atoms with E-state index >= 15 is 0 Å². The lowest BCUT2D eigenvalue weighted by Gasteiger charge is -2.14. The third-order valence-electron chi connectivity index (χ3n) is 4.33. The number of fused-ring (bicyclic) bond motifs is 1. The van der Waals surface area contributed by atoms with Gasteiger partial charge >= 0.3 is 0 Å². The molecule has 0 N–H and O–H groups in total. The number of aromatic nitrogens is 4. The molecule has 0 radical (unpaired) electrons. The molecule has 0 atom stereocenters. The molecule has 1 amide bonds. The molecular formula is C20H18FN5O4. The van der Waals surface area contributed by atoms with Crippen LogP contribution < -0.4 is 19.9 Å². The maximum atomic E-state index is 13.3. The maximum absolute atomic E-state index is 13.3. The molecule has 4 rings (SSSR count). The van der Waals surface area contributed by atoms with Gasteiger partial charge in [-0.1, -0.05) is 0 Å². The van der Waals surface area contributed by atoms with E-state index in [9.17, 15) is 14.0 Å². The molecule has 0 saturated heterocycles. The quantitative estimate of drug-likeness (QED) is 0.579. The number of amides is 1. The monoisotopic (exact) mass is 415 g/mol. The predicted molar refractivity (Wildman–Crippen MR) is 104 cm³/mol. The second kappa shape index (κ2) is 8.27. The van der Waals surface area contributed by atoms with Crippen LogP contribution in [0.4, 0.5) is 10.2 Å². The molecule has 3 aromatic rings. The normalized spacial score (nSPS) is 15.7. The molecule has 4 heterocycles. The Balaban J connectivity index is 1.41. The summed E-state index contributed by atoms with van der Waals surface area (Å²) in [4.78, 5) is 33.8. The number of hydrogen-bond acceptors (Lipinski definition) is 7. The number of carbonyl (C=O) groups excluding carboxylic acids is 1. The summed E-state index contributed by atoms with van der Waals surface area (Å²) in [6.07, 6.45) is 2.52. The van der Waals surface area contributed by atoms with Gasteiger partial charge in [0.15, 0.2) is 5.82 Å². The summed E-state index contributed by atoms with van der Waals surface area (Å²) in [5.41, 5.74) is 1.02. The van der Waals surface area contributed by atoms with Gasteiger partial charge < -0.3 is 9.47 Å². The fourth-order valence-electron chi connectivity index (χ4n) is 2.86. The van der Waals surface area contributed by atoms with E-state index in [-0.39, 0.29) is 36.1 Å². The van der Waals surface area contributed by atoms with E-state index in [4.69, 9.17) is 15.0 Å². The topological polar surface area (TPSA) is 99.4 Å². The Labute approximate surface area is 176 Å². The van der Waals surface area contributed by atoms with Crippen LogP contribution in [-0.2, 0) is 20.2 Å². The summed E-state index contributed by atoms with van der Waals surface area (Å²) < 4.78 is 53.1. The Bertz CT molecular complexity index is 1300. The van der Waals surface area contributed by atoms with Crippen molar-refractivity contribution in [2.75, 3.05) is 18.1 Å². The predicted octanol–water partition coefficient (Wildman–Crippen LogP) is 1.66. The second-order valence-corrected chi connectivity index (χ2v) is 6.30. The number of ether oxygens (including phenoxy) is 2. The van der Waals surface area contributed by atoms with Crippen molar-refractivity contribution >= 4 is 11.7 Å². The second-order valence-electron chi connectivity index (χ2n) is 6.30. The van der Waals surface area contributed by atoms with Gasteiger partial charge in [-0.25, -0.2) is 14.1 Å². The van der Waals surface area contributed by atoms with Gasteiger partial charge in [-0.3, -0.25) is 19.5 Å². The molecule has 30 heavy (non-hydrogen) atoms. The molecule has 1 aliphatic heterocycles. The lowest BCUT2D eigenvalue weighted by Crippen LogP contribution is -2.28. The van der Waals surface area contributed by atoms with Crippen molar-refractivity contribution in [1.82, 2.24) is 19.7 Å². The molecule has 3 aromatic heterocycles. The number of carbonyl (C=O) groups is 1. The van der Waals surface area contributed by atoms with Crippen molar-refractivity contribution in [2.24, 2.45) is 7.05 Å². The molecular weight excluding hydrogens is 393 g/mol. The van der Waals surface area contributed by atoms with E-state index in [2.05, 4.69) is 15.1 Å². The van der Waals surface area contributed by atoms with Crippen LogP contribution in [0.5, 0.6) is 11.5 Å². The summed E-state index contributed by atoms with van der Waals surface area (Å²) in [6.45, 7) is -6.66. The number of halogens is 1. The first-order valence-electron chi connectivity index (χ1n) is 10.8. The zero-order chi connectivity index (χ0) is 24.7. The summed E-state index contributed by atoms with van der Waals surface area (Å²) in [7, 11) is 1.49. The number of pyridine rings is 2. The lowest BCUT2D eigenvalue weighted by atomic mass is 10.2. The Kier molecular flexibility index (Phi) is 4.16. The Hall–Kier alpha value is -3.82. The molecule has 0 bridgehead atoms. The molecule has 0 spiro atoms. The average Bonchev–Trinajstić information content (AvgIpc) is 3.10. The number of nitrogens with zero attached hydrogens (tertiary/aromatic N) is 5. The molecule has 0 unspecified atom stereocenters. The van der Waals surface area contributed by atoms with E-state index in [1.165, 1.54) is 42.4 Å². The fourth-order valence-corrected chi connectivity index (χ4v) is 2.86. The van der Waals surface area contributed by atoms with Crippen molar-refractivity contribution in [3.63, 3.8) is 0 Å². The minimum Gasteiger partial charge on any atom is -0.489 e. The summed E-state index contributed by atoms with van der Waals surface area (Å²) in [6, 6.07) is 7.22. The van der Waals surface area contributed by atoms with Crippen molar-refractivity contribution in [3.8, 4) is 11.5 Å². The zero-order valence-corrected chi connectivity index (χ0v) is 15.7. The van der Waals surface area contributed by atoms with Gasteiger partial charge in [0, 0.05) is 18.7 Å². The Morgan fingerprint density at radius 3 is 2.70 bits per heavy atom. The first-order valence-corrected chi connectivity index (χ1v) is 8.75. The summed E-state index contributed by atoms with van der Waals surface area (Å²) in [5.74, 6) is 0.206. The highest BCUT2D eigenvalue weighted by molar-refractivity contribution is 6.08. The average molecular weight is 415 g/mol. The van der Waals surface area contributed by atoms with Crippen LogP contribution >= 0.6 is 0 Å². The zero-order valence-electron chi connectivity index (χ0n) is 19.7. The first kappa shape index (κ1) is 15.1. The lowest BCUT2D eigenvalue weighted by molar-refractivity contribution is 0.0991. The van der Waals surface area contributed by atoms with E-state index in [0.717, 1.165) is 10.9 Å². The largest absolute Gasteiger partial charge is 0.489 e. The van der Waals surface area contributed by atoms with Gasteiger partial charge in [-0.2, -0.15) is 5.10 Å². The van der Waals surface area contributed by atoms with Crippen LogP contribution in [0.2, 0.25) is 0 Å². The smallest absolute Gasteiger partial charge is 0.278 e. The molecule has 0 aliphatic carbocycles. The molecule has 10 heteroatoms. The van der Waals surface area contributed by atoms with Crippen molar-refractivity contribution in [1.29, 1.82) is 0 Å². The van der Waals surface area contributed by atoms with Crippen LogP contribution in [0.3, 0.4) is 0 Å². The SMILES string of the molecule is [2H]C([2H])(F)C([2H])([2H])Oc1ccc(COc2cnc3c(c2)CN(c2ccc(=O)n(C)n2)C3=O)nc1. The molecule has 0 fully saturated rings.